The van der Waals surface area contributed by atoms with Crippen LogP contribution in [0, 0.1) is 0 Å². The second-order valence-corrected chi connectivity index (χ2v) is 8.95. The molecule has 3 heterocycles. The minimum Gasteiger partial charge on any atom is -0.352 e. The minimum absolute atomic E-state index is 0.0408. The van der Waals surface area contributed by atoms with Crippen LogP contribution in [0.4, 0.5) is 5.82 Å². The fourth-order valence-corrected chi connectivity index (χ4v) is 4.66. The number of hydrogen-bond donors (Lipinski definition) is 0. The zero-order chi connectivity index (χ0) is 25.0. The van der Waals surface area contributed by atoms with Crippen LogP contribution in [0.15, 0.2) is 110 Å². The summed E-state index contributed by atoms with van der Waals surface area (Å²) >= 11 is 0. The summed E-state index contributed by atoms with van der Waals surface area (Å²) in [4.78, 5) is 25.8. The van der Waals surface area contributed by atoms with Gasteiger partial charge >= 0.3 is 0 Å². The van der Waals surface area contributed by atoms with Crippen LogP contribution in [0.25, 0.3) is 28.2 Å². The van der Waals surface area contributed by atoms with Gasteiger partial charge in [0.2, 0.25) is 0 Å². The van der Waals surface area contributed by atoms with Gasteiger partial charge in [-0.3, -0.25) is 9.78 Å². The average Bonchev–Trinajstić information content (AvgIpc) is 3.44. The van der Waals surface area contributed by atoms with Crippen molar-refractivity contribution in [2.75, 3.05) is 31.1 Å². The van der Waals surface area contributed by atoms with Gasteiger partial charge in [0.25, 0.3) is 5.91 Å². The third kappa shape index (κ3) is 4.71. The second kappa shape index (κ2) is 10.1. The maximum atomic E-state index is 13.2. The summed E-state index contributed by atoms with van der Waals surface area (Å²) in [7, 11) is 0. The molecule has 6 rings (SSSR count). The average molecular weight is 487 g/mol. The number of hydrogen-bond acceptors (Lipinski definition) is 5. The molecule has 0 N–H and O–H groups in total. The lowest BCUT2D eigenvalue weighted by Gasteiger charge is -2.35. The molecular formula is C30H26N6O. The topological polar surface area (TPSA) is 67.2 Å². The van der Waals surface area contributed by atoms with Crippen LogP contribution >= 0.6 is 0 Å². The lowest BCUT2D eigenvalue weighted by Crippen LogP contribution is -2.49. The van der Waals surface area contributed by atoms with Gasteiger partial charge in [0.1, 0.15) is 5.82 Å². The van der Waals surface area contributed by atoms with E-state index in [1.807, 2.05) is 70.2 Å². The van der Waals surface area contributed by atoms with E-state index in [0.717, 1.165) is 47.1 Å². The van der Waals surface area contributed by atoms with Crippen molar-refractivity contribution in [1.82, 2.24) is 24.6 Å². The van der Waals surface area contributed by atoms with Crippen molar-refractivity contribution in [3.63, 3.8) is 0 Å². The second-order valence-electron chi connectivity index (χ2n) is 8.95. The van der Waals surface area contributed by atoms with E-state index in [9.17, 15) is 4.79 Å². The fourth-order valence-electron chi connectivity index (χ4n) is 4.66. The van der Waals surface area contributed by atoms with Crippen molar-refractivity contribution in [3.05, 3.63) is 115 Å². The first-order valence-electron chi connectivity index (χ1n) is 12.4. The van der Waals surface area contributed by atoms with Crippen LogP contribution in [0.3, 0.4) is 0 Å². The summed E-state index contributed by atoms with van der Waals surface area (Å²) in [6, 6.07) is 30.2. The molecule has 37 heavy (non-hydrogen) atoms. The molecule has 1 aliphatic rings. The predicted molar refractivity (Wildman–Crippen MR) is 145 cm³/mol. The van der Waals surface area contributed by atoms with Gasteiger partial charge in [0.05, 0.1) is 23.3 Å². The van der Waals surface area contributed by atoms with Gasteiger partial charge in [-0.25, -0.2) is 9.67 Å². The molecule has 182 valence electrons. The summed E-state index contributed by atoms with van der Waals surface area (Å²) < 4.78 is 1.95. The summed E-state index contributed by atoms with van der Waals surface area (Å²) in [6.45, 7) is 2.76. The van der Waals surface area contributed by atoms with Gasteiger partial charge < -0.3 is 9.80 Å². The molecular weight excluding hydrogens is 460 g/mol. The van der Waals surface area contributed by atoms with Gasteiger partial charge in [-0.15, -0.1) is 0 Å². The maximum Gasteiger partial charge on any atom is 0.253 e. The molecule has 0 atom stereocenters. The largest absolute Gasteiger partial charge is 0.352 e. The number of aromatic nitrogens is 4. The monoisotopic (exact) mass is 486 g/mol. The molecule has 1 saturated heterocycles. The molecule has 0 unspecified atom stereocenters. The van der Waals surface area contributed by atoms with E-state index in [1.54, 1.807) is 18.6 Å². The zero-order valence-electron chi connectivity index (χ0n) is 20.3. The predicted octanol–water partition coefficient (Wildman–Crippen LogP) is 4.96. The van der Waals surface area contributed by atoms with Gasteiger partial charge in [-0.1, -0.05) is 60.7 Å². The summed E-state index contributed by atoms with van der Waals surface area (Å²) in [5, 5.41) is 4.93. The van der Waals surface area contributed by atoms with Crippen LogP contribution in [-0.4, -0.2) is 56.7 Å². The normalized spacial score (nSPS) is 13.5. The van der Waals surface area contributed by atoms with Gasteiger partial charge in [-0.05, 0) is 30.3 Å². The Bertz CT molecular complexity index is 1480. The Morgan fingerprint density at radius 3 is 2.05 bits per heavy atom. The highest BCUT2D eigenvalue weighted by molar-refractivity contribution is 5.94. The zero-order valence-corrected chi connectivity index (χ0v) is 20.3. The Hall–Kier alpha value is -4.78. The van der Waals surface area contributed by atoms with Crippen molar-refractivity contribution in [2.24, 2.45) is 0 Å². The third-order valence-corrected chi connectivity index (χ3v) is 6.65. The van der Waals surface area contributed by atoms with Gasteiger partial charge in [-0.2, -0.15) is 5.10 Å². The molecule has 0 bridgehead atoms. The Kier molecular flexibility index (Phi) is 6.17. The van der Waals surface area contributed by atoms with E-state index >= 15 is 0 Å². The third-order valence-electron chi connectivity index (χ3n) is 6.65. The van der Waals surface area contributed by atoms with Crippen LogP contribution < -0.4 is 4.90 Å². The quantitative estimate of drug-likeness (QED) is 0.351. The number of carbonyl (C=O) groups is 1. The molecule has 0 spiro atoms. The van der Waals surface area contributed by atoms with Crippen LogP contribution in [0.1, 0.15) is 10.4 Å². The molecule has 7 heteroatoms. The highest BCUT2D eigenvalue weighted by atomic mass is 16.2. The number of amides is 1. The highest BCUT2D eigenvalue weighted by Crippen LogP contribution is 2.29. The molecule has 0 radical (unpaired) electrons. The van der Waals surface area contributed by atoms with E-state index in [4.69, 9.17) is 5.10 Å². The first-order valence-corrected chi connectivity index (χ1v) is 12.4. The van der Waals surface area contributed by atoms with E-state index in [-0.39, 0.29) is 5.91 Å². The van der Waals surface area contributed by atoms with E-state index in [1.165, 1.54) is 0 Å². The number of benzene rings is 3. The number of rotatable bonds is 5. The molecule has 3 aromatic carbocycles. The van der Waals surface area contributed by atoms with Crippen molar-refractivity contribution in [3.8, 4) is 28.2 Å². The van der Waals surface area contributed by atoms with Gasteiger partial charge in [0, 0.05) is 55.3 Å². The molecule has 0 aliphatic carbocycles. The smallest absolute Gasteiger partial charge is 0.253 e. The highest BCUT2D eigenvalue weighted by Gasteiger charge is 2.23. The summed E-state index contributed by atoms with van der Waals surface area (Å²) in [5.74, 6) is 0.890. The van der Waals surface area contributed by atoms with Crippen LogP contribution in [0.5, 0.6) is 0 Å². The molecule has 0 saturated carbocycles. The fraction of sp³-hybridized carbons (Fsp3) is 0.133. The van der Waals surface area contributed by atoms with Crippen LogP contribution in [-0.2, 0) is 0 Å². The molecule has 1 amide bonds. The standard InChI is InChI=1S/C30H26N6O/c37-30(35-19-17-34(18-20-35)29-22-31-15-16-32-29)25-11-13-26(14-12-25)36-28(24-9-5-2-6-10-24)21-27(33-36)23-7-3-1-4-8-23/h1-16,21-22H,17-20H2. The number of carbonyl (C=O) groups excluding carboxylic acids is 1. The first kappa shape index (κ1) is 22.7. The lowest BCUT2D eigenvalue weighted by atomic mass is 10.1. The van der Waals surface area contributed by atoms with Crippen molar-refractivity contribution < 1.29 is 4.79 Å². The number of anilines is 1. The molecule has 5 aromatic rings. The summed E-state index contributed by atoms with van der Waals surface area (Å²) in [6.07, 6.45) is 5.12. The Morgan fingerprint density at radius 2 is 1.41 bits per heavy atom. The Morgan fingerprint density at radius 1 is 0.730 bits per heavy atom. The minimum atomic E-state index is 0.0408. The molecule has 1 aliphatic heterocycles. The molecule has 2 aromatic heterocycles. The van der Waals surface area contributed by atoms with E-state index in [0.29, 0.717) is 18.7 Å². The van der Waals surface area contributed by atoms with Crippen LogP contribution in [0.2, 0.25) is 0 Å². The van der Waals surface area contributed by atoms with E-state index < -0.39 is 0 Å². The van der Waals surface area contributed by atoms with Crippen molar-refractivity contribution in [2.45, 2.75) is 0 Å². The van der Waals surface area contributed by atoms with Crippen molar-refractivity contribution >= 4 is 11.7 Å². The number of piperazine rings is 1. The van der Waals surface area contributed by atoms with Crippen molar-refractivity contribution in [1.29, 1.82) is 0 Å². The SMILES string of the molecule is O=C(c1ccc(-n2nc(-c3ccccc3)cc2-c2ccccc2)cc1)N1CCN(c2cnccn2)CC1. The maximum absolute atomic E-state index is 13.2. The Labute approximate surface area is 215 Å². The summed E-state index contributed by atoms with van der Waals surface area (Å²) in [5.41, 5.74) is 5.63. The lowest BCUT2D eigenvalue weighted by molar-refractivity contribution is 0.0746. The first-order chi connectivity index (χ1) is 18.3. The molecule has 7 nitrogen and oxygen atoms in total. The Balaban J connectivity index is 1.23. The van der Waals surface area contributed by atoms with E-state index in [2.05, 4.69) is 45.2 Å². The number of nitrogens with zero attached hydrogens (tertiary/aromatic N) is 6. The molecule has 1 fully saturated rings. The van der Waals surface area contributed by atoms with Gasteiger partial charge in [0.15, 0.2) is 0 Å².